The van der Waals surface area contributed by atoms with E-state index in [-0.39, 0.29) is 0 Å². The van der Waals surface area contributed by atoms with Crippen LogP contribution in [0, 0.1) is 0 Å². The molecule has 0 unspecified atom stereocenters. The number of unbranched alkanes of at least 4 members (excludes halogenated alkanes) is 1. The van der Waals surface area contributed by atoms with Gasteiger partial charge in [-0.2, -0.15) is 0 Å². The Balaban J connectivity index is 1.81. The summed E-state index contributed by atoms with van der Waals surface area (Å²) in [5, 5.41) is 6.68. The molecule has 0 amide bonds. The Bertz CT molecular complexity index is 741. The van der Waals surface area contributed by atoms with Gasteiger partial charge in [0.25, 0.3) is 0 Å². The van der Waals surface area contributed by atoms with Crippen molar-refractivity contribution in [3.8, 4) is 11.4 Å². The van der Waals surface area contributed by atoms with Gasteiger partial charge in [-0.05, 0) is 18.6 Å². The lowest BCUT2D eigenvalue weighted by molar-refractivity contribution is 0.518. The molecule has 24 heavy (non-hydrogen) atoms. The number of nitrogens with one attached hydrogen (secondary N) is 2. The minimum absolute atomic E-state index is 0.590. The highest BCUT2D eigenvalue weighted by molar-refractivity contribution is 5.61. The molecule has 0 aliphatic heterocycles. The lowest BCUT2D eigenvalue weighted by Gasteiger charge is -2.11. The molecule has 5 heteroatoms. The second-order valence-electron chi connectivity index (χ2n) is 5.54. The zero-order valence-electron chi connectivity index (χ0n) is 13.8. The summed E-state index contributed by atoms with van der Waals surface area (Å²) in [5.41, 5.74) is 0.998. The Hall–Kier alpha value is -2.82. The molecule has 0 aliphatic carbocycles. The van der Waals surface area contributed by atoms with Crippen molar-refractivity contribution in [1.82, 2.24) is 9.97 Å². The lowest BCUT2D eigenvalue weighted by Crippen LogP contribution is -2.07. The third-order valence-electron chi connectivity index (χ3n) is 3.62. The molecule has 2 heterocycles. The van der Waals surface area contributed by atoms with Crippen molar-refractivity contribution < 1.29 is 4.42 Å². The van der Waals surface area contributed by atoms with Crippen LogP contribution in [0.25, 0.3) is 11.4 Å². The average Bonchev–Trinajstić information content (AvgIpc) is 3.14. The van der Waals surface area contributed by atoms with Crippen molar-refractivity contribution in [1.29, 1.82) is 0 Å². The molecule has 0 atom stereocenters. The first kappa shape index (κ1) is 16.1. The summed E-state index contributed by atoms with van der Waals surface area (Å²) in [6.45, 7) is 3.67. The minimum atomic E-state index is 0.590. The molecule has 0 bridgehead atoms. The summed E-state index contributed by atoms with van der Waals surface area (Å²) in [5.74, 6) is 3.19. The third-order valence-corrected chi connectivity index (χ3v) is 3.62. The van der Waals surface area contributed by atoms with E-state index in [4.69, 9.17) is 4.42 Å². The van der Waals surface area contributed by atoms with E-state index in [2.05, 4.69) is 27.5 Å². The van der Waals surface area contributed by atoms with Crippen LogP contribution in [-0.4, -0.2) is 16.5 Å². The van der Waals surface area contributed by atoms with Gasteiger partial charge in [0.05, 0.1) is 12.8 Å². The summed E-state index contributed by atoms with van der Waals surface area (Å²) >= 11 is 0. The van der Waals surface area contributed by atoms with E-state index in [0.29, 0.717) is 12.4 Å². The third kappa shape index (κ3) is 4.35. The van der Waals surface area contributed by atoms with Gasteiger partial charge in [0, 0.05) is 18.2 Å². The number of hydrogen-bond acceptors (Lipinski definition) is 5. The van der Waals surface area contributed by atoms with Gasteiger partial charge in [-0.25, -0.2) is 9.97 Å². The standard InChI is InChI=1S/C19H22N4O/c1-2-3-11-20-17-13-18(21-14-16-10-7-12-24-16)23-19(22-17)15-8-5-4-6-9-15/h4-10,12-13H,2-3,11,14H2,1H3,(H2,20,21,22,23). The zero-order valence-corrected chi connectivity index (χ0v) is 13.8. The van der Waals surface area contributed by atoms with Crippen LogP contribution < -0.4 is 10.6 Å². The van der Waals surface area contributed by atoms with Crippen LogP contribution >= 0.6 is 0 Å². The Morgan fingerprint density at radius 2 is 1.75 bits per heavy atom. The number of furan rings is 1. The maximum Gasteiger partial charge on any atom is 0.163 e. The highest BCUT2D eigenvalue weighted by atomic mass is 16.3. The smallest absolute Gasteiger partial charge is 0.163 e. The second-order valence-corrected chi connectivity index (χ2v) is 5.54. The molecule has 124 valence electrons. The van der Waals surface area contributed by atoms with Gasteiger partial charge in [0.2, 0.25) is 0 Å². The number of benzene rings is 1. The first-order chi connectivity index (χ1) is 11.8. The molecule has 5 nitrogen and oxygen atoms in total. The first-order valence-electron chi connectivity index (χ1n) is 8.30. The number of anilines is 2. The van der Waals surface area contributed by atoms with Crippen molar-refractivity contribution in [2.45, 2.75) is 26.3 Å². The van der Waals surface area contributed by atoms with Crippen LogP contribution in [0.5, 0.6) is 0 Å². The Kier molecular flexibility index (Phi) is 5.45. The highest BCUT2D eigenvalue weighted by Crippen LogP contribution is 2.20. The summed E-state index contributed by atoms with van der Waals surface area (Å²) in [6, 6.07) is 15.8. The Morgan fingerprint density at radius 3 is 2.46 bits per heavy atom. The number of aromatic nitrogens is 2. The molecule has 2 N–H and O–H groups in total. The van der Waals surface area contributed by atoms with E-state index in [0.717, 1.165) is 42.3 Å². The van der Waals surface area contributed by atoms with E-state index in [1.807, 2.05) is 48.5 Å². The van der Waals surface area contributed by atoms with Gasteiger partial charge >= 0.3 is 0 Å². The largest absolute Gasteiger partial charge is 0.467 e. The predicted molar refractivity (Wildman–Crippen MR) is 96.9 cm³/mol. The molecule has 2 aromatic heterocycles. The molecule has 0 aliphatic rings. The molecular formula is C19H22N4O. The quantitative estimate of drug-likeness (QED) is 0.595. The monoisotopic (exact) mass is 322 g/mol. The number of hydrogen-bond donors (Lipinski definition) is 2. The Morgan fingerprint density at radius 1 is 0.958 bits per heavy atom. The lowest BCUT2D eigenvalue weighted by atomic mass is 10.2. The SMILES string of the molecule is CCCCNc1cc(NCc2ccco2)nc(-c2ccccc2)n1. The van der Waals surface area contributed by atoms with Gasteiger partial charge in [-0.15, -0.1) is 0 Å². The maximum absolute atomic E-state index is 5.36. The molecule has 0 saturated carbocycles. The van der Waals surface area contributed by atoms with Gasteiger partial charge in [-0.3, -0.25) is 0 Å². The van der Waals surface area contributed by atoms with Crippen molar-refractivity contribution >= 4 is 11.6 Å². The first-order valence-corrected chi connectivity index (χ1v) is 8.30. The van der Waals surface area contributed by atoms with Crippen molar-refractivity contribution in [2.75, 3.05) is 17.2 Å². The predicted octanol–water partition coefficient (Wildman–Crippen LogP) is 4.56. The summed E-state index contributed by atoms with van der Waals surface area (Å²) in [7, 11) is 0. The van der Waals surface area contributed by atoms with Crippen LogP contribution in [0.15, 0.2) is 59.2 Å². The van der Waals surface area contributed by atoms with E-state index in [1.54, 1.807) is 6.26 Å². The summed E-state index contributed by atoms with van der Waals surface area (Å²) in [6.07, 6.45) is 3.93. The summed E-state index contributed by atoms with van der Waals surface area (Å²) < 4.78 is 5.36. The fraction of sp³-hybridized carbons (Fsp3) is 0.263. The van der Waals surface area contributed by atoms with Crippen molar-refractivity contribution in [3.05, 3.63) is 60.6 Å². The van der Waals surface area contributed by atoms with Crippen LogP contribution in [0.1, 0.15) is 25.5 Å². The molecule has 0 saturated heterocycles. The van der Waals surface area contributed by atoms with E-state index in [9.17, 15) is 0 Å². The number of rotatable bonds is 8. The highest BCUT2D eigenvalue weighted by Gasteiger charge is 2.07. The van der Waals surface area contributed by atoms with Crippen LogP contribution in [-0.2, 0) is 6.54 Å². The fourth-order valence-electron chi connectivity index (χ4n) is 2.33. The topological polar surface area (TPSA) is 63.0 Å². The van der Waals surface area contributed by atoms with E-state index >= 15 is 0 Å². The zero-order chi connectivity index (χ0) is 16.6. The normalized spacial score (nSPS) is 10.5. The van der Waals surface area contributed by atoms with Crippen LogP contribution in [0.4, 0.5) is 11.6 Å². The molecule has 0 radical (unpaired) electrons. The molecule has 0 fully saturated rings. The fourth-order valence-corrected chi connectivity index (χ4v) is 2.33. The molecule has 0 spiro atoms. The minimum Gasteiger partial charge on any atom is -0.467 e. The number of nitrogens with zero attached hydrogens (tertiary/aromatic N) is 2. The molecular weight excluding hydrogens is 300 g/mol. The van der Waals surface area contributed by atoms with Gasteiger partial charge in [-0.1, -0.05) is 43.7 Å². The van der Waals surface area contributed by atoms with Gasteiger partial charge < -0.3 is 15.1 Å². The van der Waals surface area contributed by atoms with Gasteiger partial charge in [0.15, 0.2) is 5.82 Å². The maximum atomic E-state index is 5.36. The molecule has 3 rings (SSSR count). The average molecular weight is 322 g/mol. The second kappa shape index (κ2) is 8.15. The van der Waals surface area contributed by atoms with Crippen LogP contribution in [0.3, 0.4) is 0 Å². The van der Waals surface area contributed by atoms with Crippen molar-refractivity contribution in [3.63, 3.8) is 0 Å². The molecule has 3 aromatic rings. The Labute approximate surface area is 142 Å². The van der Waals surface area contributed by atoms with E-state index in [1.165, 1.54) is 0 Å². The van der Waals surface area contributed by atoms with Gasteiger partial charge in [0.1, 0.15) is 17.4 Å². The van der Waals surface area contributed by atoms with E-state index < -0.39 is 0 Å². The van der Waals surface area contributed by atoms with Crippen molar-refractivity contribution in [2.24, 2.45) is 0 Å². The van der Waals surface area contributed by atoms with Crippen LogP contribution in [0.2, 0.25) is 0 Å². The molecule has 1 aromatic carbocycles. The summed E-state index contributed by atoms with van der Waals surface area (Å²) in [4.78, 5) is 9.26.